The van der Waals surface area contributed by atoms with Gasteiger partial charge in [0.15, 0.2) is 5.60 Å². The van der Waals surface area contributed by atoms with E-state index in [1.165, 1.54) is 13.8 Å². The van der Waals surface area contributed by atoms with E-state index in [1.54, 1.807) is 0 Å². The number of carboxylic acids is 1. The Morgan fingerprint density at radius 2 is 1.80 bits per heavy atom. The van der Waals surface area contributed by atoms with E-state index >= 15 is 0 Å². The molecule has 1 rings (SSSR count). The first-order valence-corrected chi connectivity index (χ1v) is 7.18. The van der Waals surface area contributed by atoms with Crippen molar-refractivity contribution in [1.82, 2.24) is 4.72 Å². The highest BCUT2D eigenvalue weighted by atomic mass is 32.2. The molecule has 0 fully saturated rings. The van der Waals surface area contributed by atoms with Crippen LogP contribution in [0.4, 0.5) is 4.39 Å². The number of carbonyl (C=O) groups is 1. The molecule has 0 saturated carbocycles. The first-order chi connectivity index (χ1) is 8.97. The Morgan fingerprint density at radius 3 is 2.20 bits per heavy atom. The predicted molar refractivity (Wildman–Crippen MR) is 69.3 cm³/mol. The van der Waals surface area contributed by atoms with Crippen LogP contribution in [-0.2, 0) is 14.8 Å². The molecule has 0 saturated heterocycles. The molecule has 0 aliphatic rings. The Labute approximate surface area is 116 Å². The maximum absolute atomic E-state index is 13.4. The van der Waals surface area contributed by atoms with Crippen molar-refractivity contribution in [3.05, 3.63) is 29.1 Å². The predicted octanol–water partition coefficient (Wildman–Crippen LogP) is 0.556. The van der Waals surface area contributed by atoms with Gasteiger partial charge in [-0.05, 0) is 44.0 Å². The van der Waals surface area contributed by atoms with E-state index in [0.717, 1.165) is 19.1 Å². The molecule has 0 bridgehead atoms. The molecular formula is C12H16FNO5S. The highest BCUT2D eigenvalue weighted by Gasteiger charge is 2.32. The summed E-state index contributed by atoms with van der Waals surface area (Å²) in [5, 5.41) is 18.2. The van der Waals surface area contributed by atoms with Crippen molar-refractivity contribution in [2.75, 3.05) is 6.54 Å². The van der Waals surface area contributed by atoms with Gasteiger partial charge in [0.2, 0.25) is 10.0 Å². The average Bonchev–Trinajstić information content (AvgIpc) is 2.33. The molecule has 0 aliphatic carbocycles. The van der Waals surface area contributed by atoms with Crippen LogP contribution in [0.2, 0.25) is 0 Å². The van der Waals surface area contributed by atoms with Crippen molar-refractivity contribution in [3.63, 3.8) is 0 Å². The van der Waals surface area contributed by atoms with E-state index in [9.17, 15) is 22.7 Å². The molecule has 1 aromatic carbocycles. The summed E-state index contributed by atoms with van der Waals surface area (Å²) < 4.78 is 39.4. The van der Waals surface area contributed by atoms with Crippen molar-refractivity contribution < 1.29 is 27.8 Å². The van der Waals surface area contributed by atoms with E-state index < -0.39 is 34.0 Å². The number of aryl methyl sites for hydroxylation is 2. The SMILES string of the molecule is Cc1cc(S(=O)(=O)NCC(C)(O)C(=O)O)cc(C)c1F. The lowest BCUT2D eigenvalue weighted by molar-refractivity contribution is -0.155. The minimum Gasteiger partial charge on any atom is -0.479 e. The molecule has 0 radical (unpaired) electrons. The fraction of sp³-hybridized carbons (Fsp3) is 0.417. The first-order valence-electron chi connectivity index (χ1n) is 5.69. The lowest BCUT2D eigenvalue weighted by atomic mass is 10.1. The maximum atomic E-state index is 13.4. The number of benzene rings is 1. The molecular weight excluding hydrogens is 289 g/mol. The molecule has 0 amide bonds. The lowest BCUT2D eigenvalue weighted by Gasteiger charge is -2.18. The Bertz CT molecular complexity index is 616. The third-order valence-electron chi connectivity index (χ3n) is 2.79. The summed E-state index contributed by atoms with van der Waals surface area (Å²) in [5.74, 6) is -2.05. The Balaban J connectivity index is 3.04. The van der Waals surface area contributed by atoms with E-state index in [1.807, 2.05) is 4.72 Å². The molecule has 8 heteroatoms. The Hall–Kier alpha value is -1.51. The van der Waals surface area contributed by atoms with Gasteiger partial charge in [0.1, 0.15) is 5.82 Å². The molecule has 1 unspecified atom stereocenters. The maximum Gasteiger partial charge on any atom is 0.336 e. The number of nitrogens with one attached hydrogen (secondary N) is 1. The van der Waals surface area contributed by atoms with E-state index in [-0.39, 0.29) is 16.0 Å². The zero-order valence-corrected chi connectivity index (χ0v) is 12.1. The number of sulfonamides is 1. The summed E-state index contributed by atoms with van der Waals surface area (Å²) in [5.41, 5.74) is -1.90. The number of aliphatic carboxylic acids is 1. The van der Waals surface area contributed by atoms with Gasteiger partial charge in [-0.15, -0.1) is 0 Å². The molecule has 1 atom stereocenters. The molecule has 0 aromatic heterocycles. The molecule has 112 valence electrons. The van der Waals surface area contributed by atoms with Gasteiger partial charge in [-0.2, -0.15) is 0 Å². The van der Waals surface area contributed by atoms with Crippen molar-refractivity contribution in [2.45, 2.75) is 31.3 Å². The van der Waals surface area contributed by atoms with Gasteiger partial charge in [0.25, 0.3) is 0 Å². The molecule has 0 aliphatic heterocycles. The summed E-state index contributed by atoms with van der Waals surface area (Å²) in [4.78, 5) is 10.5. The van der Waals surface area contributed by atoms with E-state index in [2.05, 4.69) is 0 Å². The zero-order chi connectivity index (χ0) is 15.7. The summed E-state index contributed by atoms with van der Waals surface area (Å²) in [6, 6.07) is 2.28. The van der Waals surface area contributed by atoms with Crippen LogP contribution in [0.15, 0.2) is 17.0 Å². The summed E-state index contributed by atoms with van der Waals surface area (Å²) in [6.07, 6.45) is 0. The van der Waals surface area contributed by atoms with Crippen molar-refractivity contribution in [2.24, 2.45) is 0 Å². The standard InChI is InChI=1S/C12H16FNO5S/c1-7-4-9(5-8(2)10(7)13)20(18,19)14-6-12(3,17)11(15)16/h4-5,14,17H,6H2,1-3H3,(H,15,16). The van der Waals surface area contributed by atoms with Gasteiger partial charge >= 0.3 is 5.97 Å². The van der Waals surface area contributed by atoms with Crippen LogP contribution in [0.25, 0.3) is 0 Å². The van der Waals surface area contributed by atoms with Crippen LogP contribution in [0, 0.1) is 19.7 Å². The fourth-order valence-corrected chi connectivity index (χ4v) is 2.76. The van der Waals surface area contributed by atoms with Crippen LogP contribution in [0.1, 0.15) is 18.1 Å². The van der Waals surface area contributed by atoms with Crippen LogP contribution in [0.5, 0.6) is 0 Å². The highest BCUT2D eigenvalue weighted by molar-refractivity contribution is 7.89. The van der Waals surface area contributed by atoms with E-state index in [0.29, 0.717) is 0 Å². The van der Waals surface area contributed by atoms with Crippen LogP contribution in [0.3, 0.4) is 0 Å². The van der Waals surface area contributed by atoms with Crippen LogP contribution < -0.4 is 4.72 Å². The minimum atomic E-state index is -4.03. The molecule has 3 N–H and O–H groups in total. The van der Waals surface area contributed by atoms with Gasteiger partial charge in [-0.3, -0.25) is 0 Å². The van der Waals surface area contributed by atoms with Crippen LogP contribution in [-0.4, -0.2) is 36.7 Å². The van der Waals surface area contributed by atoms with Crippen molar-refractivity contribution in [3.8, 4) is 0 Å². The summed E-state index contributed by atoms with van der Waals surface area (Å²) >= 11 is 0. The second kappa shape index (κ2) is 5.47. The number of hydrogen-bond donors (Lipinski definition) is 3. The second-order valence-corrected chi connectivity index (χ2v) is 6.54. The third kappa shape index (κ3) is 3.53. The molecule has 1 aromatic rings. The number of aliphatic hydroxyl groups is 1. The summed E-state index contributed by atoms with van der Waals surface area (Å²) in [6.45, 7) is 3.13. The fourth-order valence-electron chi connectivity index (χ4n) is 1.46. The Kier molecular flexibility index (Phi) is 4.52. The smallest absolute Gasteiger partial charge is 0.336 e. The number of rotatable bonds is 5. The monoisotopic (exact) mass is 305 g/mol. The van der Waals surface area contributed by atoms with Gasteiger partial charge in [0, 0.05) is 0 Å². The zero-order valence-electron chi connectivity index (χ0n) is 11.3. The minimum absolute atomic E-state index is 0.162. The molecule has 6 nitrogen and oxygen atoms in total. The van der Waals surface area contributed by atoms with E-state index in [4.69, 9.17) is 5.11 Å². The van der Waals surface area contributed by atoms with Gasteiger partial charge in [-0.25, -0.2) is 22.3 Å². The first kappa shape index (κ1) is 16.5. The molecule has 0 spiro atoms. The van der Waals surface area contributed by atoms with Crippen LogP contribution >= 0.6 is 0 Å². The largest absolute Gasteiger partial charge is 0.479 e. The van der Waals surface area contributed by atoms with Crippen molar-refractivity contribution in [1.29, 1.82) is 0 Å². The quantitative estimate of drug-likeness (QED) is 0.737. The van der Waals surface area contributed by atoms with Gasteiger partial charge in [0.05, 0.1) is 11.4 Å². The number of hydrogen-bond acceptors (Lipinski definition) is 4. The number of carboxylic acid groups (broad SMARTS) is 1. The lowest BCUT2D eigenvalue weighted by Crippen LogP contribution is -2.46. The average molecular weight is 305 g/mol. The third-order valence-corrected chi connectivity index (χ3v) is 4.17. The van der Waals surface area contributed by atoms with Crippen molar-refractivity contribution >= 4 is 16.0 Å². The molecule has 0 heterocycles. The highest BCUT2D eigenvalue weighted by Crippen LogP contribution is 2.18. The normalized spacial score (nSPS) is 14.8. The number of halogens is 1. The van der Waals surface area contributed by atoms with Gasteiger partial charge in [-0.1, -0.05) is 0 Å². The Morgan fingerprint density at radius 1 is 1.35 bits per heavy atom. The summed E-state index contributed by atoms with van der Waals surface area (Å²) in [7, 11) is -4.03. The molecule has 20 heavy (non-hydrogen) atoms. The van der Waals surface area contributed by atoms with Gasteiger partial charge < -0.3 is 10.2 Å². The second-order valence-electron chi connectivity index (χ2n) is 4.77. The topological polar surface area (TPSA) is 104 Å².